The van der Waals surface area contributed by atoms with Crippen LogP contribution in [0.5, 0.6) is 0 Å². The molecule has 1 heterocycles. The number of halogens is 1. The monoisotopic (exact) mass is 362 g/mol. The van der Waals surface area contributed by atoms with E-state index in [1.165, 1.54) is 0 Å². The molecule has 24 heavy (non-hydrogen) atoms. The molecule has 0 aliphatic heterocycles. The molecule has 3 rings (SSSR count). The summed E-state index contributed by atoms with van der Waals surface area (Å²) in [4.78, 5) is 12.1. The number of carbonyl (C=O) groups excluding carboxylic acids is 1. The maximum atomic E-state index is 12.1. The lowest BCUT2D eigenvalue weighted by molar-refractivity contribution is -0.119. The van der Waals surface area contributed by atoms with Gasteiger partial charge in [-0.15, -0.1) is 10.2 Å². The van der Waals surface area contributed by atoms with Crippen molar-refractivity contribution in [1.29, 1.82) is 5.26 Å². The van der Waals surface area contributed by atoms with Gasteiger partial charge in [0.15, 0.2) is 0 Å². The van der Waals surface area contributed by atoms with Gasteiger partial charge in [0.25, 0.3) is 5.22 Å². The Kier molecular flexibility index (Phi) is 4.78. The summed E-state index contributed by atoms with van der Waals surface area (Å²) in [6, 6.07) is 9.35. The second-order valence-electron chi connectivity index (χ2n) is 5.78. The molecule has 2 aromatic rings. The highest BCUT2D eigenvalue weighted by Crippen LogP contribution is 2.39. The number of hydrogen-bond acceptors (Lipinski definition) is 6. The minimum Gasteiger partial charge on any atom is -0.411 e. The molecule has 1 fully saturated rings. The van der Waals surface area contributed by atoms with Gasteiger partial charge in [-0.05, 0) is 37.8 Å². The topological polar surface area (TPSA) is 91.8 Å². The molecule has 1 aromatic heterocycles. The third kappa shape index (κ3) is 3.71. The number of nitrogens with zero attached hydrogens (tertiary/aromatic N) is 3. The van der Waals surface area contributed by atoms with E-state index in [0.717, 1.165) is 24.6 Å². The molecule has 0 spiro atoms. The molecule has 0 bridgehead atoms. The predicted octanol–water partition coefficient (Wildman–Crippen LogP) is 3.29. The maximum absolute atomic E-state index is 12.1. The quantitative estimate of drug-likeness (QED) is 0.793. The van der Waals surface area contributed by atoms with Gasteiger partial charge >= 0.3 is 0 Å². The van der Waals surface area contributed by atoms with Crippen molar-refractivity contribution in [2.45, 2.75) is 30.5 Å². The number of rotatable bonds is 6. The first kappa shape index (κ1) is 16.8. The van der Waals surface area contributed by atoms with Gasteiger partial charge in [0.05, 0.1) is 22.4 Å². The Labute approximate surface area is 148 Å². The summed E-state index contributed by atoms with van der Waals surface area (Å²) >= 11 is 7.22. The van der Waals surface area contributed by atoms with Crippen LogP contribution >= 0.6 is 23.4 Å². The zero-order chi connectivity index (χ0) is 17.2. The third-order valence-corrected chi connectivity index (χ3v) is 5.01. The molecule has 6 nitrogen and oxygen atoms in total. The summed E-state index contributed by atoms with van der Waals surface area (Å²) < 4.78 is 5.53. The van der Waals surface area contributed by atoms with E-state index in [4.69, 9.17) is 16.0 Å². The van der Waals surface area contributed by atoms with Crippen LogP contribution in [0.1, 0.15) is 19.8 Å². The highest BCUT2D eigenvalue weighted by Gasteiger charge is 2.42. The average Bonchev–Trinajstić information content (AvgIpc) is 3.33. The van der Waals surface area contributed by atoms with Crippen molar-refractivity contribution < 1.29 is 9.21 Å². The lowest BCUT2D eigenvalue weighted by Gasteiger charge is -2.22. The fourth-order valence-corrected chi connectivity index (χ4v) is 3.13. The second-order valence-corrected chi connectivity index (χ2v) is 7.11. The van der Waals surface area contributed by atoms with E-state index in [2.05, 4.69) is 21.6 Å². The van der Waals surface area contributed by atoms with Crippen molar-refractivity contribution in [1.82, 2.24) is 15.5 Å². The van der Waals surface area contributed by atoms with Crippen molar-refractivity contribution in [3.05, 3.63) is 29.3 Å². The fraction of sp³-hybridized carbons (Fsp3) is 0.375. The zero-order valence-electron chi connectivity index (χ0n) is 13.0. The van der Waals surface area contributed by atoms with E-state index in [-0.39, 0.29) is 22.8 Å². The first-order chi connectivity index (χ1) is 11.5. The zero-order valence-corrected chi connectivity index (χ0v) is 14.5. The molecule has 124 valence electrons. The summed E-state index contributed by atoms with van der Waals surface area (Å²) in [5, 5.41) is 20.7. The van der Waals surface area contributed by atoms with Gasteiger partial charge in [-0.1, -0.05) is 35.5 Å². The van der Waals surface area contributed by atoms with E-state index >= 15 is 0 Å². The van der Waals surface area contributed by atoms with Crippen molar-refractivity contribution >= 4 is 29.3 Å². The molecule has 0 saturated heterocycles. The molecular weight excluding hydrogens is 348 g/mol. The van der Waals surface area contributed by atoms with Crippen LogP contribution in [0.15, 0.2) is 33.9 Å². The molecule has 1 amide bonds. The molecule has 0 radical (unpaired) electrons. The Bertz CT molecular complexity index is 799. The van der Waals surface area contributed by atoms with Gasteiger partial charge in [0.2, 0.25) is 11.8 Å². The van der Waals surface area contributed by atoms with Crippen LogP contribution in [-0.4, -0.2) is 27.4 Å². The van der Waals surface area contributed by atoms with Crippen LogP contribution in [0.3, 0.4) is 0 Å². The van der Waals surface area contributed by atoms with E-state index < -0.39 is 5.54 Å². The van der Waals surface area contributed by atoms with Gasteiger partial charge in [-0.25, -0.2) is 0 Å². The Balaban J connectivity index is 1.59. The van der Waals surface area contributed by atoms with Crippen LogP contribution in [-0.2, 0) is 4.79 Å². The largest absolute Gasteiger partial charge is 0.411 e. The van der Waals surface area contributed by atoms with Gasteiger partial charge in [-0.3, -0.25) is 4.79 Å². The highest BCUT2D eigenvalue weighted by molar-refractivity contribution is 7.99. The molecule has 1 aliphatic carbocycles. The Hall–Kier alpha value is -2.04. The second kappa shape index (κ2) is 6.83. The van der Waals surface area contributed by atoms with E-state index in [9.17, 15) is 10.1 Å². The summed E-state index contributed by atoms with van der Waals surface area (Å²) in [5.74, 6) is 0.428. The fourth-order valence-electron chi connectivity index (χ4n) is 2.35. The molecule has 1 unspecified atom stereocenters. The number of amides is 1. The normalized spacial score (nSPS) is 16.2. The standard InChI is InChI=1S/C16H15ClN4O2S/c1-16(9-18,10-6-7-10)19-13(22)8-24-15-21-20-14(23-15)11-4-2-3-5-12(11)17/h2-5,10H,6-8H2,1H3,(H,19,22). The van der Waals surface area contributed by atoms with Crippen LogP contribution in [0.25, 0.3) is 11.5 Å². The highest BCUT2D eigenvalue weighted by atomic mass is 35.5. The predicted molar refractivity (Wildman–Crippen MR) is 90.4 cm³/mol. The maximum Gasteiger partial charge on any atom is 0.277 e. The van der Waals surface area contributed by atoms with E-state index in [1.54, 1.807) is 19.1 Å². The van der Waals surface area contributed by atoms with Crippen LogP contribution in [0, 0.1) is 17.2 Å². The van der Waals surface area contributed by atoms with E-state index in [1.807, 2.05) is 12.1 Å². The smallest absolute Gasteiger partial charge is 0.277 e. The van der Waals surface area contributed by atoms with Crippen molar-refractivity contribution in [2.24, 2.45) is 5.92 Å². The van der Waals surface area contributed by atoms with E-state index in [0.29, 0.717) is 16.5 Å². The average molecular weight is 363 g/mol. The summed E-state index contributed by atoms with van der Waals surface area (Å²) in [5.41, 5.74) is -0.149. The lowest BCUT2D eigenvalue weighted by atomic mass is 9.98. The number of nitrogens with one attached hydrogen (secondary N) is 1. The van der Waals surface area contributed by atoms with Crippen LogP contribution in [0.2, 0.25) is 5.02 Å². The summed E-state index contributed by atoms with van der Waals surface area (Å²) in [6.07, 6.45) is 1.95. The first-order valence-corrected chi connectivity index (χ1v) is 8.81. The molecule has 1 atom stereocenters. The number of aromatic nitrogens is 2. The summed E-state index contributed by atoms with van der Waals surface area (Å²) in [6.45, 7) is 1.76. The number of carbonyl (C=O) groups is 1. The number of nitriles is 1. The van der Waals surface area contributed by atoms with Crippen molar-refractivity contribution in [3.63, 3.8) is 0 Å². The van der Waals surface area contributed by atoms with Crippen LogP contribution in [0.4, 0.5) is 0 Å². The number of thioether (sulfide) groups is 1. The SMILES string of the molecule is CC(C#N)(NC(=O)CSc1nnc(-c2ccccc2Cl)o1)C1CC1. The first-order valence-electron chi connectivity index (χ1n) is 7.45. The minimum absolute atomic E-state index is 0.105. The van der Waals surface area contributed by atoms with Crippen molar-refractivity contribution in [2.75, 3.05) is 5.75 Å². The van der Waals surface area contributed by atoms with Gasteiger partial charge in [0, 0.05) is 0 Å². The summed E-state index contributed by atoms with van der Waals surface area (Å²) in [7, 11) is 0. The van der Waals surface area contributed by atoms with Crippen LogP contribution < -0.4 is 5.32 Å². The van der Waals surface area contributed by atoms with Crippen molar-refractivity contribution in [3.8, 4) is 17.5 Å². The minimum atomic E-state index is -0.796. The van der Waals surface area contributed by atoms with Gasteiger partial charge in [-0.2, -0.15) is 5.26 Å². The number of benzene rings is 1. The molecule has 1 saturated carbocycles. The Morgan fingerprint density at radius 3 is 2.92 bits per heavy atom. The Morgan fingerprint density at radius 2 is 2.25 bits per heavy atom. The number of hydrogen-bond donors (Lipinski definition) is 1. The molecule has 1 N–H and O–H groups in total. The molecule has 1 aromatic carbocycles. The molecule has 8 heteroatoms. The lowest BCUT2D eigenvalue weighted by Crippen LogP contribution is -2.47. The van der Waals surface area contributed by atoms with Gasteiger partial charge in [0.1, 0.15) is 5.54 Å². The molecule has 1 aliphatic rings. The third-order valence-electron chi connectivity index (χ3n) is 3.86. The molecular formula is C16H15ClN4O2S. The van der Waals surface area contributed by atoms with Gasteiger partial charge < -0.3 is 9.73 Å². The Morgan fingerprint density at radius 1 is 1.50 bits per heavy atom.